The number of hydrazone groups is 1. The maximum Gasteiger partial charge on any atom is 0.252 e. The van der Waals surface area contributed by atoms with E-state index >= 15 is 0 Å². The zero-order valence-electron chi connectivity index (χ0n) is 17.2. The Hall–Kier alpha value is -3.59. The third-order valence-corrected chi connectivity index (χ3v) is 4.06. The minimum Gasteiger partial charge on any atom is -0.488 e. The second kappa shape index (κ2) is 12.7. The number of hydrogen-bond acceptors (Lipinski definition) is 5. The van der Waals surface area contributed by atoms with E-state index in [1.807, 2.05) is 45.1 Å². The van der Waals surface area contributed by atoms with Gasteiger partial charge in [-0.25, -0.2) is 0 Å². The van der Waals surface area contributed by atoms with Crippen LogP contribution in [-0.4, -0.2) is 18.2 Å². The SMILES string of the molecule is C=C(/C=C\C/C(=C\C)N/N=C(C)\C(=C\C)COc1ccccc1C(N)=O)CC#N. The monoisotopic (exact) mass is 392 g/mol. The van der Waals surface area contributed by atoms with Gasteiger partial charge in [-0.1, -0.05) is 43.0 Å². The molecule has 0 aliphatic heterocycles. The van der Waals surface area contributed by atoms with Crippen molar-refractivity contribution in [2.75, 3.05) is 6.61 Å². The van der Waals surface area contributed by atoms with Crippen molar-refractivity contribution >= 4 is 11.6 Å². The summed E-state index contributed by atoms with van der Waals surface area (Å²) in [6.45, 7) is 9.77. The number of allylic oxidation sites excluding steroid dienone is 5. The maximum absolute atomic E-state index is 11.5. The second-order valence-corrected chi connectivity index (χ2v) is 6.19. The average molecular weight is 393 g/mol. The summed E-state index contributed by atoms with van der Waals surface area (Å²) in [6, 6.07) is 8.94. The summed E-state index contributed by atoms with van der Waals surface area (Å²) in [6.07, 6.45) is 8.58. The van der Waals surface area contributed by atoms with Crippen LogP contribution in [0.1, 0.15) is 44.0 Å². The Bertz CT molecular complexity index is 886. The molecule has 0 heterocycles. The highest BCUT2D eigenvalue weighted by atomic mass is 16.5. The molecule has 0 spiro atoms. The second-order valence-electron chi connectivity index (χ2n) is 6.19. The van der Waals surface area contributed by atoms with Gasteiger partial charge in [0, 0.05) is 17.7 Å². The molecule has 0 atom stereocenters. The van der Waals surface area contributed by atoms with Crippen LogP contribution >= 0.6 is 0 Å². The van der Waals surface area contributed by atoms with Gasteiger partial charge in [0.15, 0.2) is 0 Å². The summed E-state index contributed by atoms with van der Waals surface area (Å²) in [5.41, 5.74) is 12.1. The lowest BCUT2D eigenvalue weighted by Gasteiger charge is -2.12. The normalized spacial score (nSPS) is 12.6. The molecule has 6 nitrogen and oxygen atoms in total. The van der Waals surface area contributed by atoms with E-state index in [-0.39, 0.29) is 6.61 Å². The molecule has 152 valence electrons. The molecule has 1 rings (SSSR count). The van der Waals surface area contributed by atoms with Gasteiger partial charge < -0.3 is 10.5 Å². The molecule has 0 aliphatic carbocycles. The summed E-state index contributed by atoms with van der Waals surface area (Å²) in [5.74, 6) is -0.0881. The fourth-order valence-electron chi connectivity index (χ4n) is 2.32. The number of nitrogens with one attached hydrogen (secondary N) is 1. The van der Waals surface area contributed by atoms with E-state index in [9.17, 15) is 4.79 Å². The first-order chi connectivity index (χ1) is 13.9. The first kappa shape index (κ1) is 23.4. The van der Waals surface area contributed by atoms with Crippen LogP contribution in [0.4, 0.5) is 0 Å². The standard InChI is InChI=1S/C23H28N4O2/c1-5-19(16-29-22-13-8-7-12-21(22)23(25)28)18(4)26-27-20(6-2)11-9-10-17(3)14-15-24/h5-10,12-13,27H,3,11,14,16H2,1-2,4H3,(H2,25,28)/b10-9-,19-5+,20-6+,26-18-. The van der Waals surface area contributed by atoms with Gasteiger partial charge in [-0.05, 0) is 38.5 Å². The van der Waals surface area contributed by atoms with Gasteiger partial charge in [0.05, 0.1) is 23.8 Å². The lowest BCUT2D eigenvalue weighted by Crippen LogP contribution is -2.16. The molecule has 0 bridgehead atoms. The number of hydrogen-bond donors (Lipinski definition) is 2. The number of primary amides is 1. The molecule has 1 amide bonds. The van der Waals surface area contributed by atoms with Crippen molar-refractivity contribution in [3.8, 4) is 11.8 Å². The number of nitriles is 1. The van der Waals surface area contributed by atoms with Crippen molar-refractivity contribution < 1.29 is 9.53 Å². The van der Waals surface area contributed by atoms with Crippen LogP contribution in [0.3, 0.4) is 0 Å². The lowest BCUT2D eigenvalue weighted by molar-refractivity contribution is 0.0997. The molecule has 0 fully saturated rings. The van der Waals surface area contributed by atoms with E-state index < -0.39 is 5.91 Å². The van der Waals surface area contributed by atoms with E-state index in [0.717, 1.165) is 22.6 Å². The zero-order chi connectivity index (χ0) is 21.6. The maximum atomic E-state index is 11.5. The molecule has 0 unspecified atom stereocenters. The van der Waals surface area contributed by atoms with E-state index in [1.54, 1.807) is 24.3 Å². The van der Waals surface area contributed by atoms with Crippen LogP contribution in [0, 0.1) is 11.3 Å². The first-order valence-electron chi connectivity index (χ1n) is 9.26. The highest BCUT2D eigenvalue weighted by Gasteiger charge is 2.10. The van der Waals surface area contributed by atoms with Gasteiger partial charge in [0.2, 0.25) is 0 Å². The number of carbonyl (C=O) groups is 1. The van der Waals surface area contributed by atoms with Crippen molar-refractivity contribution in [2.24, 2.45) is 10.8 Å². The molecule has 0 radical (unpaired) electrons. The number of nitrogens with zero attached hydrogens (tertiary/aromatic N) is 2. The quantitative estimate of drug-likeness (QED) is 0.331. The number of para-hydroxylation sites is 1. The molecule has 0 aliphatic rings. The number of ether oxygens (including phenoxy) is 1. The van der Waals surface area contributed by atoms with Gasteiger partial charge in [0.1, 0.15) is 12.4 Å². The van der Waals surface area contributed by atoms with Crippen LogP contribution in [0.2, 0.25) is 0 Å². The van der Waals surface area contributed by atoms with Crippen LogP contribution in [-0.2, 0) is 0 Å². The molecule has 6 heteroatoms. The van der Waals surface area contributed by atoms with E-state index in [4.69, 9.17) is 15.7 Å². The van der Waals surface area contributed by atoms with Crippen molar-refractivity contribution in [3.05, 3.63) is 77.6 Å². The molecule has 0 aromatic heterocycles. The summed E-state index contributed by atoms with van der Waals surface area (Å²) in [4.78, 5) is 11.5. The fraction of sp³-hybridized carbons (Fsp3) is 0.261. The van der Waals surface area contributed by atoms with Gasteiger partial charge in [-0.3, -0.25) is 10.2 Å². The van der Waals surface area contributed by atoms with Gasteiger partial charge in [-0.15, -0.1) is 0 Å². The van der Waals surface area contributed by atoms with Gasteiger partial charge in [-0.2, -0.15) is 10.4 Å². The lowest BCUT2D eigenvalue weighted by atomic mass is 10.1. The largest absolute Gasteiger partial charge is 0.488 e. The van der Waals surface area contributed by atoms with Crippen LogP contribution in [0.15, 0.2) is 77.1 Å². The number of benzene rings is 1. The highest BCUT2D eigenvalue weighted by molar-refractivity contribution is 5.98. The molecule has 0 saturated heterocycles. The smallest absolute Gasteiger partial charge is 0.252 e. The average Bonchev–Trinajstić information content (AvgIpc) is 2.71. The van der Waals surface area contributed by atoms with Crippen molar-refractivity contribution in [1.29, 1.82) is 5.26 Å². The van der Waals surface area contributed by atoms with E-state index in [1.165, 1.54) is 0 Å². The Balaban J connectivity index is 2.71. The van der Waals surface area contributed by atoms with E-state index in [2.05, 4.69) is 23.2 Å². The molecule has 1 aromatic carbocycles. The van der Waals surface area contributed by atoms with E-state index in [0.29, 0.717) is 24.2 Å². The number of amides is 1. The minimum atomic E-state index is -0.530. The zero-order valence-corrected chi connectivity index (χ0v) is 17.2. The Morgan fingerprint density at radius 3 is 2.69 bits per heavy atom. The predicted octanol–water partition coefficient (Wildman–Crippen LogP) is 4.40. The van der Waals surface area contributed by atoms with Crippen molar-refractivity contribution in [2.45, 2.75) is 33.6 Å². The third kappa shape index (κ3) is 8.31. The summed E-state index contributed by atoms with van der Waals surface area (Å²) in [5, 5.41) is 13.1. The van der Waals surface area contributed by atoms with Gasteiger partial charge in [0.25, 0.3) is 5.91 Å². The molecule has 1 aromatic rings. The molecule has 3 N–H and O–H groups in total. The number of rotatable bonds is 11. The summed E-state index contributed by atoms with van der Waals surface area (Å²) >= 11 is 0. The molecular formula is C23H28N4O2. The first-order valence-corrected chi connectivity index (χ1v) is 9.26. The van der Waals surface area contributed by atoms with Crippen LogP contribution in [0.5, 0.6) is 5.75 Å². The molecule has 29 heavy (non-hydrogen) atoms. The van der Waals surface area contributed by atoms with Crippen molar-refractivity contribution in [3.63, 3.8) is 0 Å². The Morgan fingerprint density at radius 2 is 2.07 bits per heavy atom. The summed E-state index contributed by atoms with van der Waals surface area (Å²) in [7, 11) is 0. The van der Waals surface area contributed by atoms with Crippen LogP contribution in [0.25, 0.3) is 0 Å². The Labute approximate surface area is 172 Å². The Morgan fingerprint density at radius 1 is 1.34 bits per heavy atom. The molecule has 0 saturated carbocycles. The highest BCUT2D eigenvalue weighted by Crippen LogP contribution is 2.18. The molecular weight excluding hydrogens is 364 g/mol. The summed E-state index contributed by atoms with van der Waals surface area (Å²) < 4.78 is 5.78. The fourth-order valence-corrected chi connectivity index (χ4v) is 2.32. The van der Waals surface area contributed by atoms with Gasteiger partial charge >= 0.3 is 0 Å². The van der Waals surface area contributed by atoms with Crippen molar-refractivity contribution in [1.82, 2.24) is 5.43 Å². The third-order valence-electron chi connectivity index (χ3n) is 4.06. The van der Waals surface area contributed by atoms with Crippen LogP contribution < -0.4 is 15.9 Å². The number of carbonyl (C=O) groups excluding carboxylic acids is 1. The number of nitrogens with two attached hydrogens (primary N) is 1. The Kier molecular flexibility index (Phi) is 10.3. The minimum absolute atomic E-state index is 0.261. The predicted molar refractivity (Wildman–Crippen MR) is 117 cm³/mol. The topological polar surface area (TPSA) is 100 Å².